The molecule has 0 saturated carbocycles. The Labute approximate surface area is 90.6 Å². The molecule has 0 N–H and O–H groups in total. The minimum Gasteiger partial charge on any atom is -0.296 e. The van der Waals surface area contributed by atoms with Crippen LogP contribution in [0.15, 0.2) is 36.4 Å². The topological polar surface area (TPSA) is 30.0 Å². The SMILES string of the molecule is O=Cc1ccc(F)c(-c2ccccc2F)n1. The first kappa shape index (κ1) is 10.4. The second-order valence-electron chi connectivity index (χ2n) is 3.16. The molecule has 2 rings (SSSR count). The number of aldehydes is 1. The quantitative estimate of drug-likeness (QED) is 0.727. The van der Waals surface area contributed by atoms with Crippen molar-refractivity contribution in [2.45, 2.75) is 0 Å². The van der Waals surface area contributed by atoms with Gasteiger partial charge in [0.2, 0.25) is 0 Å². The fourth-order valence-corrected chi connectivity index (χ4v) is 1.37. The summed E-state index contributed by atoms with van der Waals surface area (Å²) in [5.74, 6) is -1.23. The zero-order valence-corrected chi connectivity index (χ0v) is 8.15. The monoisotopic (exact) mass is 219 g/mol. The Morgan fingerprint density at radius 1 is 1.00 bits per heavy atom. The van der Waals surface area contributed by atoms with Crippen molar-refractivity contribution in [2.75, 3.05) is 0 Å². The van der Waals surface area contributed by atoms with Crippen LogP contribution in [0, 0.1) is 11.6 Å². The zero-order chi connectivity index (χ0) is 11.5. The fraction of sp³-hybridized carbons (Fsp3) is 0. The molecule has 0 atom stereocenters. The van der Waals surface area contributed by atoms with Crippen molar-refractivity contribution in [3.63, 3.8) is 0 Å². The molecule has 1 heterocycles. The van der Waals surface area contributed by atoms with Gasteiger partial charge in [-0.15, -0.1) is 0 Å². The molecule has 0 amide bonds. The molecule has 16 heavy (non-hydrogen) atoms. The number of rotatable bonds is 2. The first-order valence-electron chi connectivity index (χ1n) is 4.59. The minimum atomic E-state index is -0.657. The van der Waals surface area contributed by atoms with Gasteiger partial charge in [0.15, 0.2) is 6.29 Å². The summed E-state index contributed by atoms with van der Waals surface area (Å²) < 4.78 is 26.8. The summed E-state index contributed by atoms with van der Waals surface area (Å²) in [6, 6.07) is 8.04. The van der Waals surface area contributed by atoms with E-state index in [1.165, 1.54) is 24.3 Å². The summed E-state index contributed by atoms with van der Waals surface area (Å²) in [6.45, 7) is 0. The van der Waals surface area contributed by atoms with Crippen LogP contribution < -0.4 is 0 Å². The van der Waals surface area contributed by atoms with E-state index in [9.17, 15) is 13.6 Å². The van der Waals surface area contributed by atoms with Gasteiger partial charge in [0, 0.05) is 5.56 Å². The summed E-state index contributed by atoms with van der Waals surface area (Å²) >= 11 is 0. The van der Waals surface area contributed by atoms with E-state index in [1.54, 1.807) is 6.07 Å². The number of carbonyl (C=O) groups is 1. The van der Waals surface area contributed by atoms with Gasteiger partial charge in [-0.1, -0.05) is 12.1 Å². The van der Waals surface area contributed by atoms with Gasteiger partial charge in [0.05, 0.1) is 0 Å². The number of hydrogen-bond donors (Lipinski definition) is 0. The lowest BCUT2D eigenvalue weighted by molar-refractivity contribution is 0.111. The summed E-state index contributed by atoms with van der Waals surface area (Å²) in [4.78, 5) is 14.2. The predicted octanol–water partition coefficient (Wildman–Crippen LogP) is 2.84. The number of hydrogen-bond acceptors (Lipinski definition) is 2. The summed E-state index contributed by atoms with van der Waals surface area (Å²) in [5.41, 5.74) is -0.0361. The first-order valence-corrected chi connectivity index (χ1v) is 4.59. The van der Waals surface area contributed by atoms with Crippen molar-refractivity contribution in [1.29, 1.82) is 0 Å². The van der Waals surface area contributed by atoms with Crippen molar-refractivity contribution in [2.24, 2.45) is 0 Å². The molecule has 0 spiro atoms. The maximum absolute atomic E-state index is 13.4. The molecule has 0 radical (unpaired) electrons. The normalized spacial score (nSPS) is 10.1. The van der Waals surface area contributed by atoms with Crippen molar-refractivity contribution >= 4 is 6.29 Å². The lowest BCUT2D eigenvalue weighted by atomic mass is 10.1. The number of halogens is 2. The first-order chi connectivity index (χ1) is 7.72. The highest BCUT2D eigenvalue weighted by Gasteiger charge is 2.11. The number of carbonyl (C=O) groups excluding carboxylic acids is 1. The molecule has 0 unspecified atom stereocenters. The van der Waals surface area contributed by atoms with Crippen LogP contribution in [0.5, 0.6) is 0 Å². The van der Waals surface area contributed by atoms with Crippen molar-refractivity contribution < 1.29 is 13.6 Å². The lowest BCUT2D eigenvalue weighted by Gasteiger charge is -2.04. The van der Waals surface area contributed by atoms with E-state index in [4.69, 9.17) is 0 Å². The van der Waals surface area contributed by atoms with E-state index in [0.717, 1.165) is 6.07 Å². The van der Waals surface area contributed by atoms with Crippen LogP contribution in [0.1, 0.15) is 10.5 Å². The minimum absolute atomic E-state index is 0.0451. The number of aromatic nitrogens is 1. The van der Waals surface area contributed by atoms with Gasteiger partial charge < -0.3 is 0 Å². The Kier molecular flexibility index (Phi) is 2.72. The molecule has 1 aromatic heterocycles. The zero-order valence-electron chi connectivity index (χ0n) is 8.15. The van der Waals surface area contributed by atoms with E-state index in [1.807, 2.05) is 0 Å². The maximum atomic E-state index is 13.4. The Hall–Kier alpha value is -2.10. The summed E-state index contributed by atoms with van der Waals surface area (Å²) in [5, 5.41) is 0. The Morgan fingerprint density at radius 3 is 2.44 bits per heavy atom. The lowest BCUT2D eigenvalue weighted by Crippen LogP contribution is -1.96. The summed E-state index contributed by atoms with van der Waals surface area (Å²) in [6.07, 6.45) is 0.490. The third-order valence-electron chi connectivity index (χ3n) is 2.12. The molecule has 80 valence electrons. The van der Waals surface area contributed by atoms with Crippen LogP contribution in [-0.2, 0) is 0 Å². The predicted molar refractivity (Wildman–Crippen MR) is 55.0 cm³/mol. The third-order valence-corrected chi connectivity index (χ3v) is 2.12. The molecule has 1 aromatic carbocycles. The van der Waals surface area contributed by atoms with Crippen LogP contribution in [0.3, 0.4) is 0 Å². The standard InChI is InChI=1S/C12H7F2NO/c13-10-4-2-1-3-9(10)12-11(14)6-5-8(7-16)15-12/h1-7H. The van der Waals surface area contributed by atoms with Crippen LogP contribution in [0.25, 0.3) is 11.3 Å². The average molecular weight is 219 g/mol. The largest absolute Gasteiger partial charge is 0.296 e. The Balaban J connectivity index is 2.63. The second-order valence-corrected chi connectivity index (χ2v) is 3.16. The van der Waals surface area contributed by atoms with Crippen molar-refractivity contribution in [1.82, 2.24) is 4.98 Å². The van der Waals surface area contributed by atoms with Gasteiger partial charge in [-0.3, -0.25) is 4.79 Å². The van der Waals surface area contributed by atoms with Gasteiger partial charge in [-0.2, -0.15) is 0 Å². The van der Waals surface area contributed by atoms with Crippen molar-refractivity contribution in [3.8, 4) is 11.3 Å². The number of pyridine rings is 1. The molecular formula is C12H7F2NO. The molecule has 0 aliphatic rings. The Bertz CT molecular complexity index is 540. The fourth-order valence-electron chi connectivity index (χ4n) is 1.37. The highest BCUT2D eigenvalue weighted by molar-refractivity contribution is 5.74. The molecule has 0 aliphatic heterocycles. The molecule has 0 aliphatic carbocycles. The van der Waals surface area contributed by atoms with Gasteiger partial charge in [-0.05, 0) is 24.3 Å². The molecule has 0 bridgehead atoms. The van der Waals surface area contributed by atoms with Gasteiger partial charge in [0.1, 0.15) is 23.0 Å². The smallest absolute Gasteiger partial charge is 0.168 e. The van der Waals surface area contributed by atoms with Crippen LogP contribution >= 0.6 is 0 Å². The Morgan fingerprint density at radius 2 is 1.75 bits per heavy atom. The van der Waals surface area contributed by atoms with E-state index in [2.05, 4.69) is 4.98 Å². The molecule has 0 saturated heterocycles. The third kappa shape index (κ3) is 1.82. The van der Waals surface area contributed by atoms with E-state index >= 15 is 0 Å². The van der Waals surface area contributed by atoms with Crippen LogP contribution in [-0.4, -0.2) is 11.3 Å². The average Bonchev–Trinajstić information content (AvgIpc) is 2.31. The molecular weight excluding hydrogens is 212 g/mol. The highest BCUT2D eigenvalue weighted by Crippen LogP contribution is 2.23. The highest BCUT2D eigenvalue weighted by atomic mass is 19.1. The molecule has 2 nitrogen and oxygen atoms in total. The maximum Gasteiger partial charge on any atom is 0.168 e. The number of benzene rings is 1. The molecule has 2 aromatic rings. The summed E-state index contributed by atoms with van der Waals surface area (Å²) in [7, 11) is 0. The molecule has 0 fully saturated rings. The molecule has 4 heteroatoms. The van der Waals surface area contributed by atoms with Gasteiger partial charge in [-0.25, -0.2) is 13.8 Å². The van der Waals surface area contributed by atoms with Gasteiger partial charge in [0.25, 0.3) is 0 Å². The van der Waals surface area contributed by atoms with Crippen molar-refractivity contribution in [3.05, 3.63) is 53.7 Å². The van der Waals surface area contributed by atoms with E-state index in [-0.39, 0.29) is 17.0 Å². The number of nitrogens with zero attached hydrogens (tertiary/aromatic N) is 1. The van der Waals surface area contributed by atoms with Crippen LogP contribution in [0.2, 0.25) is 0 Å². The van der Waals surface area contributed by atoms with E-state index < -0.39 is 11.6 Å². The second kappa shape index (κ2) is 4.18. The van der Waals surface area contributed by atoms with E-state index in [0.29, 0.717) is 6.29 Å². The van der Waals surface area contributed by atoms with Crippen LogP contribution in [0.4, 0.5) is 8.78 Å². The van der Waals surface area contributed by atoms with Gasteiger partial charge >= 0.3 is 0 Å².